The first kappa shape index (κ1) is 12.7. The maximum Gasteiger partial charge on any atom is 0.262 e. The predicted octanol–water partition coefficient (Wildman–Crippen LogP) is 0.899. The number of benzene rings is 1. The van der Waals surface area contributed by atoms with Crippen LogP contribution in [-0.2, 0) is 6.67 Å². The predicted molar refractivity (Wildman–Crippen MR) is 72.3 cm³/mol. The van der Waals surface area contributed by atoms with Crippen LogP contribution in [0.4, 0.5) is 0 Å². The first-order valence-corrected chi connectivity index (χ1v) is 6.07. The molecule has 0 aliphatic heterocycles. The van der Waals surface area contributed by atoms with Gasteiger partial charge in [0.2, 0.25) is 0 Å². The van der Waals surface area contributed by atoms with Crippen LogP contribution >= 0.6 is 0 Å². The molecular weight excluding hydrogens is 228 g/mol. The van der Waals surface area contributed by atoms with E-state index < -0.39 is 0 Å². The van der Waals surface area contributed by atoms with E-state index in [2.05, 4.69) is 29.5 Å². The van der Waals surface area contributed by atoms with Crippen molar-refractivity contribution < 1.29 is 0 Å². The second kappa shape index (κ2) is 5.75. The Morgan fingerprint density at radius 2 is 2.11 bits per heavy atom. The summed E-state index contributed by atoms with van der Waals surface area (Å²) in [5, 5.41) is 7.03. The molecule has 18 heavy (non-hydrogen) atoms. The highest BCUT2D eigenvalue weighted by Gasteiger charge is 2.02. The molecule has 0 amide bonds. The molecule has 0 atom stereocenters. The van der Waals surface area contributed by atoms with Crippen molar-refractivity contribution >= 4 is 10.9 Å². The molecule has 0 bridgehead atoms. The highest BCUT2D eigenvalue weighted by molar-refractivity contribution is 5.76. The molecule has 1 heterocycles. The van der Waals surface area contributed by atoms with Crippen LogP contribution in [0.15, 0.2) is 35.4 Å². The van der Waals surface area contributed by atoms with E-state index in [-0.39, 0.29) is 5.56 Å². The van der Waals surface area contributed by atoms with Gasteiger partial charge in [-0.05, 0) is 26.0 Å². The van der Waals surface area contributed by atoms with Gasteiger partial charge in [0.25, 0.3) is 5.56 Å². The van der Waals surface area contributed by atoms with Gasteiger partial charge in [-0.3, -0.25) is 14.7 Å². The summed E-state index contributed by atoms with van der Waals surface area (Å²) >= 11 is 0. The van der Waals surface area contributed by atoms with Crippen LogP contribution < -0.4 is 16.2 Å². The Bertz CT molecular complexity index is 576. The topological polar surface area (TPSA) is 58.9 Å². The summed E-state index contributed by atoms with van der Waals surface area (Å²) in [5.41, 5.74) is 0.719. The molecule has 0 spiro atoms. The number of hydrogen-bond acceptors (Lipinski definition) is 4. The highest BCUT2D eigenvalue weighted by atomic mass is 16.1. The van der Waals surface area contributed by atoms with E-state index in [1.807, 2.05) is 18.2 Å². The van der Waals surface area contributed by atoms with Crippen LogP contribution in [0, 0.1) is 0 Å². The Labute approximate surface area is 106 Å². The lowest BCUT2D eigenvalue weighted by Gasteiger charge is -2.11. The largest absolute Gasteiger partial charge is 0.302 e. The number of nitrogens with zero attached hydrogens (tertiary/aromatic N) is 2. The highest BCUT2D eigenvalue weighted by Crippen LogP contribution is 2.03. The molecule has 0 saturated carbocycles. The first-order chi connectivity index (χ1) is 8.68. The van der Waals surface area contributed by atoms with Gasteiger partial charge in [0.05, 0.1) is 23.9 Å². The third kappa shape index (κ3) is 2.94. The van der Waals surface area contributed by atoms with Gasteiger partial charge in [0.1, 0.15) is 0 Å². The maximum absolute atomic E-state index is 12.1. The van der Waals surface area contributed by atoms with Gasteiger partial charge < -0.3 is 5.32 Å². The van der Waals surface area contributed by atoms with E-state index in [1.54, 1.807) is 17.0 Å². The van der Waals surface area contributed by atoms with Crippen molar-refractivity contribution in [1.82, 2.24) is 20.2 Å². The Morgan fingerprint density at radius 3 is 2.89 bits per heavy atom. The Morgan fingerprint density at radius 1 is 1.33 bits per heavy atom. The molecule has 0 radical (unpaired) electrons. The second-order valence-corrected chi connectivity index (χ2v) is 4.48. The van der Waals surface area contributed by atoms with Crippen LogP contribution in [0.25, 0.3) is 10.9 Å². The van der Waals surface area contributed by atoms with Gasteiger partial charge in [-0.15, -0.1) is 0 Å². The first-order valence-electron chi connectivity index (χ1n) is 6.07. The van der Waals surface area contributed by atoms with Crippen molar-refractivity contribution in [2.75, 3.05) is 6.67 Å². The van der Waals surface area contributed by atoms with Gasteiger partial charge in [-0.25, -0.2) is 4.98 Å². The fourth-order valence-corrected chi connectivity index (χ4v) is 1.67. The molecule has 2 rings (SSSR count). The van der Waals surface area contributed by atoms with E-state index in [0.29, 0.717) is 24.8 Å². The Balaban J connectivity index is 2.10. The lowest BCUT2D eigenvalue weighted by Crippen LogP contribution is -2.37. The van der Waals surface area contributed by atoms with Gasteiger partial charge in [0, 0.05) is 12.7 Å². The minimum absolute atomic E-state index is 0.0161. The fraction of sp³-hybridized carbons (Fsp3) is 0.385. The third-order valence-corrected chi connectivity index (χ3v) is 2.65. The molecule has 2 N–H and O–H groups in total. The van der Waals surface area contributed by atoms with E-state index in [4.69, 9.17) is 0 Å². The van der Waals surface area contributed by atoms with E-state index in [9.17, 15) is 4.79 Å². The van der Waals surface area contributed by atoms with E-state index in [1.165, 1.54) is 0 Å². The van der Waals surface area contributed by atoms with Gasteiger partial charge in [0.15, 0.2) is 0 Å². The number of aromatic nitrogens is 2. The molecule has 0 aliphatic carbocycles. The minimum atomic E-state index is -0.0161. The Kier molecular flexibility index (Phi) is 4.07. The van der Waals surface area contributed by atoms with Crippen LogP contribution in [0.2, 0.25) is 0 Å². The van der Waals surface area contributed by atoms with Crippen molar-refractivity contribution in [3.63, 3.8) is 0 Å². The molecule has 0 aliphatic rings. The standard InChI is InChI=1S/C13H18N4O/c1-10(2)15-7-14-8-17-9-16-12-6-4-3-5-11(12)13(17)18/h3-6,9-10,14-15H,7-8H2,1-2H3. The molecule has 96 valence electrons. The smallest absolute Gasteiger partial charge is 0.262 e. The number of nitrogens with one attached hydrogen (secondary N) is 2. The summed E-state index contributed by atoms with van der Waals surface area (Å²) in [4.78, 5) is 16.4. The van der Waals surface area contributed by atoms with Crippen LogP contribution in [-0.4, -0.2) is 22.3 Å². The molecule has 2 aromatic rings. The molecule has 0 fully saturated rings. The second-order valence-electron chi connectivity index (χ2n) is 4.48. The summed E-state index contributed by atoms with van der Waals surface area (Å²) in [6.07, 6.45) is 1.58. The van der Waals surface area contributed by atoms with Gasteiger partial charge >= 0.3 is 0 Å². The van der Waals surface area contributed by atoms with Crippen LogP contribution in [0.1, 0.15) is 13.8 Å². The van der Waals surface area contributed by atoms with Crippen LogP contribution in [0.5, 0.6) is 0 Å². The van der Waals surface area contributed by atoms with Gasteiger partial charge in [-0.1, -0.05) is 12.1 Å². The maximum atomic E-state index is 12.1. The lowest BCUT2D eigenvalue weighted by molar-refractivity contribution is 0.472. The number of rotatable bonds is 5. The molecule has 0 saturated heterocycles. The third-order valence-electron chi connectivity index (χ3n) is 2.65. The SMILES string of the molecule is CC(C)NCNCn1cnc2ccccc2c1=O. The molecule has 5 heteroatoms. The molecule has 1 aromatic heterocycles. The fourth-order valence-electron chi connectivity index (χ4n) is 1.67. The van der Waals surface area contributed by atoms with Gasteiger partial charge in [-0.2, -0.15) is 0 Å². The molecule has 5 nitrogen and oxygen atoms in total. The molecule has 1 aromatic carbocycles. The minimum Gasteiger partial charge on any atom is -0.302 e. The summed E-state index contributed by atoms with van der Waals surface area (Å²) in [6.45, 7) is 5.27. The van der Waals surface area contributed by atoms with Crippen molar-refractivity contribution in [3.8, 4) is 0 Å². The molecular formula is C13H18N4O. The number of fused-ring (bicyclic) bond motifs is 1. The number of para-hydroxylation sites is 1. The zero-order valence-electron chi connectivity index (χ0n) is 10.7. The zero-order valence-corrected chi connectivity index (χ0v) is 10.7. The van der Waals surface area contributed by atoms with Crippen molar-refractivity contribution in [3.05, 3.63) is 40.9 Å². The van der Waals surface area contributed by atoms with Crippen molar-refractivity contribution in [1.29, 1.82) is 0 Å². The van der Waals surface area contributed by atoms with Crippen molar-refractivity contribution in [2.24, 2.45) is 0 Å². The average Bonchev–Trinajstić information content (AvgIpc) is 2.37. The normalized spacial score (nSPS) is 11.3. The summed E-state index contributed by atoms with van der Waals surface area (Å²) < 4.78 is 1.57. The quantitative estimate of drug-likeness (QED) is 0.608. The van der Waals surface area contributed by atoms with E-state index >= 15 is 0 Å². The number of hydrogen-bond donors (Lipinski definition) is 2. The monoisotopic (exact) mass is 246 g/mol. The Hall–Kier alpha value is -1.72. The lowest BCUT2D eigenvalue weighted by atomic mass is 10.2. The summed E-state index contributed by atoms with van der Waals surface area (Å²) in [7, 11) is 0. The van der Waals surface area contributed by atoms with Crippen molar-refractivity contribution in [2.45, 2.75) is 26.6 Å². The summed E-state index contributed by atoms with van der Waals surface area (Å²) in [6, 6.07) is 7.79. The molecule has 0 unspecified atom stereocenters. The zero-order chi connectivity index (χ0) is 13.0. The summed E-state index contributed by atoms with van der Waals surface area (Å²) in [5.74, 6) is 0. The van der Waals surface area contributed by atoms with Crippen LogP contribution in [0.3, 0.4) is 0 Å². The van der Waals surface area contributed by atoms with E-state index in [0.717, 1.165) is 5.52 Å². The average molecular weight is 246 g/mol.